The molecule has 0 saturated carbocycles. The number of aromatic nitrogens is 2. The number of ether oxygens (including phenoxy) is 4. The number of phenols is 2. The van der Waals surface area contributed by atoms with Gasteiger partial charge in [-0.05, 0) is 103 Å². The van der Waals surface area contributed by atoms with E-state index in [9.17, 15) is 19.8 Å². The lowest BCUT2D eigenvalue weighted by atomic mass is 9.96. The summed E-state index contributed by atoms with van der Waals surface area (Å²) in [5.74, 6) is 2.54. The van der Waals surface area contributed by atoms with E-state index in [0.29, 0.717) is 55.6 Å². The fourth-order valence-electron chi connectivity index (χ4n) is 7.49. The number of benzene rings is 7. The average molecular weight is 939 g/mol. The Hall–Kier alpha value is -8.61. The molecule has 346 valence electrons. The number of phenolic OH excluding ortho intramolecular Hbond substituents is 2. The highest BCUT2D eigenvalue weighted by Crippen LogP contribution is 2.39. The van der Waals surface area contributed by atoms with Gasteiger partial charge in [-0.3, -0.25) is 19.6 Å². The van der Waals surface area contributed by atoms with Crippen LogP contribution in [0.15, 0.2) is 188 Å². The Bertz CT molecular complexity index is 3160. The maximum Gasteiger partial charge on any atom is 0.258 e. The Kier molecular flexibility index (Phi) is 15.1. The molecule has 7 aromatic carbocycles. The van der Waals surface area contributed by atoms with Crippen molar-refractivity contribution in [2.45, 2.75) is 19.0 Å². The van der Waals surface area contributed by atoms with Gasteiger partial charge in [-0.2, -0.15) is 0 Å². The van der Waals surface area contributed by atoms with Crippen molar-refractivity contribution in [1.29, 1.82) is 0 Å². The Morgan fingerprint density at radius 3 is 1.70 bits per heavy atom. The number of carbonyl (C=O) groups excluding carboxylic acids is 2. The molecule has 2 atom stereocenters. The molecule has 0 aliphatic carbocycles. The molecule has 2 unspecified atom stereocenters. The summed E-state index contributed by atoms with van der Waals surface area (Å²) < 4.78 is 22.4. The second-order valence-corrected chi connectivity index (χ2v) is 16.1. The minimum atomic E-state index is -0.686. The number of hydrogen-bond donors (Lipinski definition) is 4. The van der Waals surface area contributed by atoms with Crippen molar-refractivity contribution >= 4 is 45.2 Å². The number of hydrogen-bond acceptors (Lipinski definition) is 10. The number of fused-ring (bicyclic) bond motifs is 2. The van der Waals surface area contributed by atoms with Crippen molar-refractivity contribution in [1.82, 2.24) is 20.6 Å². The van der Waals surface area contributed by atoms with Crippen LogP contribution in [0.1, 0.15) is 39.9 Å². The molecule has 0 fully saturated rings. The summed E-state index contributed by atoms with van der Waals surface area (Å²) in [6.07, 6.45) is 3.21. The SMILES string of the molecule is COc1ccc(C(NC(=O)COc2ccc(C)cc2)c2cc(Cl)c3cccnc3c2O)cc1.O=C(COc1ccc(Oc2ccccc2)cc1)NC(c1ccccc1)c1ccc2cccnc2c1O. The summed E-state index contributed by atoms with van der Waals surface area (Å²) in [7, 11) is 1.58. The summed E-state index contributed by atoms with van der Waals surface area (Å²) in [4.78, 5) is 34.3. The van der Waals surface area contributed by atoms with Gasteiger partial charge in [-0.25, -0.2) is 0 Å². The van der Waals surface area contributed by atoms with E-state index in [-0.39, 0.29) is 36.5 Å². The topological polar surface area (TPSA) is 161 Å². The zero-order chi connectivity index (χ0) is 48.1. The van der Waals surface area contributed by atoms with Gasteiger partial charge in [-0.15, -0.1) is 0 Å². The standard InChI is InChI=1S/C30H24N2O4.C26H23ClN2O4/c33-27(20-35-23-14-16-25(17-15-23)36-24-11-5-2-6-12-24)32-28(21-8-3-1-4-9-21)26-18-13-22-10-7-19-31-29(22)30(26)34;1-16-5-9-19(10-6-16)33-15-23(30)29-24(17-7-11-18(32-2)12-8-17)21-14-22(27)20-4-3-13-28-25(20)26(21)31/h1-19,28,34H,20H2,(H,32,33);3-14,24,31H,15H2,1-2H3,(H,29,30). The van der Waals surface area contributed by atoms with Crippen LogP contribution >= 0.6 is 11.6 Å². The van der Waals surface area contributed by atoms with Crippen LogP contribution in [0.5, 0.6) is 40.2 Å². The smallest absolute Gasteiger partial charge is 0.258 e. The Morgan fingerprint density at radius 2 is 1.06 bits per heavy atom. The summed E-state index contributed by atoms with van der Waals surface area (Å²) >= 11 is 6.50. The third-order valence-electron chi connectivity index (χ3n) is 11.0. The van der Waals surface area contributed by atoms with Crippen LogP contribution < -0.4 is 29.6 Å². The van der Waals surface area contributed by atoms with Gasteiger partial charge in [0, 0.05) is 34.3 Å². The van der Waals surface area contributed by atoms with E-state index < -0.39 is 12.1 Å². The van der Waals surface area contributed by atoms with E-state index in [1.54, 1.807) is 74.1 Å². The molecular formula is C56H47ClN4O8. The van der Waals surface area contributed by atoms with Crippen LogP contribution in [0, 0.1) is 6.92 Å². The molecule has 69 heavy (non-hydrogen) atoms. The van der Waals surface area contributed by atoms with Crippen LogP contribution in [-0.4, -0.2) is 52.3 Å². The Morgan fingerprint density at radius 1 is 0.551 bits per heavy atom. The average Bonchev–Trinajstić information content (AvgIpc) is 3.39. The predicted octanol–water partition coefficient (Wildman–Crippen LogP) is 11.2. The van der Waals surface area contributed by atoms with Crippen LogP contribution in [0.3, 0.4) is 0 Å². The number of amides is 2. The number of carbonyl (C=O) groups is 2. The molecule has 0 radical (unpaired) electrons. The molecule has 12 nitrogen and oxygen atoms in total. The highest BCUT2D eigenvalue weighted by atomic mass is 35.5. The van der Waals surface area contributed by atoms with Gasteiger partial charge < -0.3 is 39.8 Å². The summed E-state index contributed by atoms with van der Waals surface area (Å²) in [5, 5.41) is 29.8. The van der Waals surface area contributed by atoms with Gasteiger partial charge in [0.05, 0.1) is 24.2 Å². The van der Waals surface area contributed by atoms with Gasteiger partial charge in [-0.1, -0.05) is 108 Å². The maximum absolute atomic E-state index is 12.9. The van der Waals surface area contributed by atoms with Crippen molar-refractivity contribution in [3.05, 3.63) is 221 Å². The Labute approximate surface area is 403 Å². The summed E-state index contributed by atoms with van der Waals surface area (Å²) in [5.41, 5.74) is 4.51. The van der Waals surface area contributed by atoms with Crippen LogP contribution in [0.2, 0.25) is 5.02 Å². The molecule has 9 aromatic rings. The quantitative estimate of drug-likeness (QED) is 0.0778. The van der Waals surface area contributed by atoms with Crippen molar-refractivity contribution in [3.8, 4) is 40.2 Å². The number of aromatic hydroxyl groups is 2. The molecule has 2 amide bonds. The number of methoxy groups -OCH3 is 1. The lowest BCUT2D eigenvalue weighted by molar-refractivity contribution is -0.124. The first kappa shape index (κ1) is 46.9. The second-order valence-electron chi connectivity index (χ2n) is 15.7. The van der Waals surface area contributed by atoms with Crippen LogP contribution in [-0.2, 0) is 9.59 Å². The number of aryl methyl sites for hydroxylation is 1. The minimum absolute atomic E-state index is 0.0391. The number of pyridine rings is 2. The molecule has 4 N–H and O–H groups in total. The van der Waals surface area contributed by atoms with E-state index in [4.69, 9.17) is 30.5 Å². The third-order valence-corrected chi connectivity index (χ3v) is 11.3. The van der Waals surface area contributed by atoms with Crippen LogP contribution in [0.4, 0.5) is 0 Å². The number of rotatable bonds is 15. The summed E-state index contributed by atoms with van der Waals surface area (Å²) in [6, 6.07) is 52.0. The number of halogens is 1. The van der Waals surface area contributed by atoms with E-state index in [0.717, 1.165) is 27.8 Å². The molecule has 0 bridgehead atoms. The first-order chi connectivity index (χ1) is 33.6. The highest BCUT2D eigenvalue weighted by Gasteiger charge is 2.25. The lowest BCUT2D eigenvalue weighted by Gasteiger charge is -2.22. The van der Waals surface area contributed by atoms with E-state index in [2.05, 4.69) is 20.6 Å². The molecule has 2 heterocycles. The maximum atomic E-state index is 12.9. The van der Waals surface area contributed by atoms with Gasteiger partial charge in [0.1, 0.15) is 51.3 Å². The zero-order valence-electron chi connectivity index (χ0n) is 37.6. The molecule has 9 rings (SSSR count). The van der Waals surface area contributed by atoms with Crippen LogP contribution in [0.25, 0.3) is 21.8 Å². The van der Waals surface area contributed by atoms with Crippen molar-refractivity contribution < 1.29 is 38.7 Å². The zero-order valence-corrected chi connectivity index (χ0v) is 38.3. The summed E-state index contributed by atoms with van der Waals surface area (Å²) in [6.45, 7) is 1.61. The first-order valence-corrected chi connectivity index (χ1v) is 22.3. The van der Waals surface area contributed by atoms with Crippen molar-refractivity contribution in [3.63, 3.8) is 0 Å². The Balaban J connectivity index is 0.000000187. The lowest BCUT2D eigenvalue weighted by Crippen LogP contribution is -2.33. The highest BCUT2D eigenvalue weighted by molar-refractivity contribution is 6.35. The number of nitrogens with zero attached hydrogens (tertiary/aromatic N) is 2. The fourth-order valence-corrected chi connectivity index (χ4v) is 7.76. The third kappa shape index (κ3) is 11.9. The minimum Gasteiger partial charge on any atom is -0.505 e. The van der Waals surface area contributed by atoms with Gasteiger partial charge in [0.2, 0.25) is 0 Å². The van der Waals surface area contributed by atoms with Gasteiger partial charge in [0.25, 0.3) is 11.8 Å². The van der Waals surface area contributed by atoms with E-state index in [1.165, 1.54) is 0 Å². The number of para-hydroxylation sites is 1. The van der Waals surface area contributed by atoms with Gasteiger partial charge in [0.15, 0.2) is 13.2 Å². The van der Waals surface area contributed by atoms with E-state index in [1.807, 2.05) is 128 Å². The largest absolute Gasteiger partial charge is 0.505 e. The molecule has 0 saturated heterocycles. The van der Waals surface area contributed by atoms with Crippen molar-refractivity contribution in [2.24, 2.45) is 0 Å². The monoisotopic (exact) mass is 938 g/mol. The molecular weight excluding hydrogens is 892 g/mol. The number of nitrogens with one attached hydrogen (secondary N) is 2. The second kappa shape index (κ2) is 22.3. The molecule has 0 aliphatic heterocycles. The first-order valence-electron chi connectivity index (χ1n) is 21.9. The normalized spacial score (nSPS) is 11.6. The molecule has 2 aromatic heterocycles. The van der Waals surface area contributed by atoms with Crippen molar-refractivity contribution in [2.75, 3.05) is 20.3 Å². The van der Waals surface area contributed by atoms with E-state index >= 15 is 0 Å². The fraction of sp³-hybridized carbons (Fsp3) is 0.107. The predicted molar refractivity (Wildman–Crippen MR) is 266 cm³/mol. The molecule has 13 heteroatoms. The van der Waals surface area contributed by atoms with Gasteiger partial charge >= 0.3 is 0 Å². The molecule has 0 spiro atoms. The molecule has 0 aliphatic rings.